The first-order valence-electron chi connectivity index (χ1n) is 8.66. The van der Waals surface area contributed by atoms with Gasteiger partial charge in [-0.05, 0) is 54.1 Å². The summed E-state index contributed by atoms with van der Waals surface area (Å²) in [6, 6.07) is 12.3. The number of anilines is 1. The van der Waals surface area contributed by atoms with Crippen LogP contribution in [0.4, 0.5) is 18.9 Å². The monoisotopic (exact) mass is 391 g/mol. The van der Waals surface area contributed by atoms with Crippen LogP contribution in [0.2, 0.25) is 0 Å². The molecule has 0 saturated heterocycles. The Labute approximate surface area is 160 Å². The standard InChI is InChI=1S/C19H20F3N5O/c1-4-18(2,23-15-10-5-6-11-16(15)28-3)17-24-25-26-27(17)14-9-7-8-13(12-14)19(20,21)22/h5-12,23H,4H2,1-3H3/t18-/m1/s1. The summed E-state index contributed by atoms with van der Waals surface area (Å²) in [5.41, 5.74) is -0.557. The first-order chi connectivity index (χ1) is 13.3. The zero-order valence-electron chi connectivity index (χ0n) is 15.7. The van der Waals surface area contributed by atoms with Crippen molar-refractivity contribution in [3.63, 3.8) is 0 Å². The van der Waals surface area contributed by atoms with Gasteiger partial charge in [-0.15, -0.1) is 5.10 Å². The zero-order chi connectivity index (χ0) is 20.4. The minimum absolute atomic E-state index is 0.233. The van der Waals surface area contributed by atoms with E-state index in [9.17, 15) is 13.2 Å². The van der Waals surface area contributed by atoms with E-state index in [1.165, 1.54) is 16.8 Å². The topological polar surface area (TPSA) is 64.9 Å². The molecule has 0 radical (unpaired) electrons. The summed E-state index contributed by atoms with van der Waals surface area (Å²) in [6.07, 6.45) is -3.88. The molecule has 2 aromatic carbocycles. The van der Waals surface area contributed by atoms with Gasteiger partial charge in [-0.25, -0.2) is 0 Å². The molecular weight excluding hydrogens is 371 g/mol. The molecular formula is C19H20F3N5O. The first kappa shape index (κ1) is 19.7. The van der Waals surface area contributed by atoms with Crippen molar-refractivity contribution in [3.8, 4) is 11.4 Å². The Hall–Kier alpha value is -3.10. The molecule has 0 amide bonds. The van der Waals surface area contributed by atoms with E-state index in [-0.39, 0.29) is 5.69 Å². The molecule has 0 aliphatic heterocycles. The normalized spacial score (nSPS) is 13.8. The number of nitrogens with zero attached hydrogens (tertiary/aromatic N) is 4. The highest BCUT2D eigenvalue weighted by Crippen LogP contribution is 2.34. The minimum Gasteiger partial charge on any atom is -0.495 e. The van der Waals surface area contributed by atoms with Gasteiger partial charge in [0.05, 0.1) is 29.6 Å². The van der Waals surface area contributed by atoms with E-state index >= 15 is 0 Å². The van der Waals surface area contributed by atoms with Crippen LogP contribution in [0.15, 0.2) is 48.5 Å². The van der Waals surface area contributed by atoms with E-state index in [2.05, 4.69) is 20.8 Å². The number of nitrogens with one attached hydrogen (secondary N) is 1. The van der Waals surface area contributed by atoms with Gasteiger partial charge in [0.2, 0.25) is 0 Å². The lowest BCUT2D eigenvalue weighted by Gasteiger charge is -2.30. The van der Waals surface area contributed by atoms with Gasteiger partial charge >= 0.3 is 6.18 Å². The fourth-order valence-electron chi connectivity index (χ4n) is 2.87. The van der Waals surface area contributed by atoms with Gasteiger partial charge in [-0.3, -0.25) is 0 Å². The number of tetrazole rings is 1. The van der Waals surface area contributed by atoms with Gasteiger partial charge in [0, 0.05) is 0 Å². The Morgan fingerprint density at radius 3 is 2.54 bits per heavy atom. The molecule has 1 aromatic heterocycles. The van der Waals surface area contributed by atoms with E-state index in [0.29, 0.717) is 18.0 Å². The lowest BCUT2D eigenvalue weighted by Crippen LogP contribution is -2.34. The molecule has 28 heavy (non-hydrogen) atoms. The second kappa shape index (κ2) is 7.49. The van der Waals surface area contributed by atoms with Gasteiger partial charge in [-0.1, -0.05) is 25.1 Å². The van der Waals surface area contributed by atoms with Gasteiger partial charge in [-0.2, -0.15) is 17.9 Å². The highest BCUT2D eigenvalue weighted by Gasteiger charge is 2.34. The average Bonchev–Trinajstić information content (AvgIpc) is 3.18. The molecule has 0 unspecified atom stereocenters. The van der Waals surface area contributed by atoms with Crippen molar-refractivity contribution in [2.75, 3.05) is 12.4 Å². The van der Waals surface area contributed by atoms with Gasteiger partial charge < -0.3 is 10.1 Å². The maximum absolute atomic E-state index is 13.1. The van der Waals surface area contributed by atoms with Crippen LogP contribution in [-0.4, -0.2) is 27.3 Å². The summed E-state index contributed by atoms with van der Waals surface area (Å²) < 4.78 is 46.0. The number of aromatic nitrogens is 4. The number of halogens is 3. The number of alkyl halides is 3. The Balaban J connectivity index is 2.03. The molecule has 3 rings (SSSR count). The van der Waals surface area contributed by atoms with Crippen LogP contribution in [0.25, 0.3) is 5.69 Å². The van der Waals surface area contributed by atoms with Crippen LogP contribution in [0.3, 0.4) is 0 Å². The third-order valence-electron chi connectivity index (χ3n) is 4.61. The van der Waals surface area contributed by atoms with Crippen LogP contribution in [0.5, 0.6) is 5.75 Å². The SMILES string of the molecule is CC[C@@](C)(Nc1ccccc1OC)c1nnnn1-c1cccc(C(F)(F)F)c1. The second-order valence-corrected chi connectivity index (χ2v) is 6.47. The summed E-state index contributed by atoms with van der Waals surface area (Å²) >= 11 is 0. The van der Waals surface area contributed by atoms with Crippen LogP contribution in [0, 0.1) is 0 Å². The maximum Gasteiger partial charge on any atom is 0.416 e. The van der Waals surface area contributed by atoms with E-state index in [1.807, 2.05) is 38.1 Å². The lowest BCUT2D eigenvalue weighted by molar-refractivity contribution is -0.137. The summed E-state index contributed by atoms with van der Waals surface area (Å²) in [5.74, 6) is 1.03. The van der Waals surface area contributed by atoms with Gasteiger partial charge in [0.15, 0.2) is 5.82 Å². The Kier molecular flexibility index (Phi) is 5.26. The molecule has 3 aromatic rings. The quantitative estimate of drug-likeness (QED) is 0.674. The summed E-state index contributed by atoms with van der Waals surface area (Å²) in [7, 11) is 1.57. The molecule has 148 valence electrons. The molecule has 0 bridgehead atoms. The summed E-state index contributed by atoms with van der Waals surface area (Å²) in [5, 5.41) is 15.1. The van der Waals surface area contributed by atoms with Crippen molar-refractivity contribution in [1.29, 1.82) is 0 Å². The zero-order valence-corrected chi connectivity index (χ0v) is 15.7. The van der Waals surface area contributed by atoms with Crippen molar-refractivity contribution in [2.45, 2.75) is 32.0 Å². The van der Waals surface area contributed by atoms with Gasteiger partial charge in [0.25, 0.3) is 0 Å². The van der Waals surface area contributed by atoms with Crippen LogP contribution in [-0.2, 0) is 11.7 Å². The van der Waals surface area contributed by atoms with E-state index < -0.39 is 17.3 Å². The molecule has 0 spiro atoms. The third kappa shape index (κ3) is 3.78. The largest absolute Gasteiger partial charge is 0.495 e. The van der Waals surface area contributed by atoms with Crippen LogP contribution >= 0.6 is 0 Å². The van der Waals surface area contributed by atoms with E-state index in [1.54, 1.807) is 7.11 Å². The molecule has 6 nitrogen and oxygen atoms in total. The molecule has 0 saturated carbocycles. The number of hydrogen-bond donors (Lipinski definition) is 1. The van der Waals surface area contributed by atoms with E-state index in [4.69, 9.17) is 4.74 Å². The smallest absolute Gasteiger partial charge is 0.416 e. The number of hydrogen-bond acceptors (Lipinski definition) is 5. The maximum atomic E-state index is 13.1. The molecule has 1 N–H and O–H groups in total. The van der Waals surface area contributed by atoms with Crippen molar-refractivity contribution >= 4 is 5.69 Å². The van der Waals surface area contributed by atoms with Crippen molar-refractivity contribution in [1.82, 2.24) is 20.2 Å². The van der Waals surface area contributed by atoms with E-state index in [0.717, 1.165) is 17.8 Å². The van der Waals surface area contributed by atoms with Crippen molar-refractivity contribution in [3.05, 3.63) is 59.9 Å². The van der Waals surface area contributed by atoms with Crippen LogP contribution < -0.4 is 10.1 Å². The molecule has 9 heteroatoms. The first-order valence-corrected chi connectivity index (χ1v) is 8.66. The van der Waals surface area contributed by atoms with Crippen molar-refractivity contribution in [2.24, 2.45) is 0 Å². The molecule has 0 aliphatic rings. The number of methoxy groups -OCH3 is 1. The average molecular weight is 391 g/mol. The highest BCUT2D eigenvalue weighted by atomic mass is 19.4. The highest BCUT2D eigenvalue weighted by molar-refractivity contribution is 5.58. The number of rotatable bonds is 6. The minimum atomic E-state index is -4.45. The third-order valence-corrected chi connectivity index (χ3v) is 4.61. The van der Waals surface area contributed by atoms with Gasteiger partial charge in [0.1, 0.15) is 5.75 Å². The fourth-order valence-corrected chi connectivity index (χ4v) is 2.87. The predicted molar refractivity (Wildman–Crippen MR) is 98.4 cm³/mol. The summed E-state index contributed by atoms with van der Waals surface area (Å²) in [6.45, 7) is 3.82. The fraction of sp³-hybridized carbons (Fsp3) is 0.316. The predicted octanol–water partition coefficient (Wildman–Crippen LogP) is 4.43. The number of benzene rings is 2. The Bertz CT molecular complexity index is 956. The lowest BCUT2D eigenvalue weighted by atomic mass is 9.96. The molecule has 1 heterocycles. The molecule has 1 atom stereocenters. The summed E-state index contributed by atoms with van der Waals surface area (Å²) in [4.78, 5) is 0. The number of ether oxygens (including phenoxy) is 1. The molecule has 0 aliphatic carbocycles. The van der Waals surface area contributed by atoms with Crippen LogP contribution in [0.1, 0.15) is 31.7 Å². The Morgan fingerprint density at radius 1 is 1.11 bits per heavy atom. The van der Waals surface area contributed by atoms with Crippen molar-refractivity contribution < 1.29 is 17.9 Å². The Morgan fingerprint density at radius 2 is 1.86 bits per heavy atom. The number of para-hydroxylation sites is 2. The second-order valence-electron chi connectivity index (χ2n) is 6.47. The molecule has 0 fully saturated rings.